The second-order valence-electron chi connectivity index (χ2n) is 4.21. The maximum atomic E-state index is 12.2. The third-order valence-electron chi connectivity index (χ3n) is 2.52. The molecule has 20 heavy (non-hydrogen) atoms. The van der Waals surface area contributed by atoms with Gasteiger partial charge in [-0.3, -0.25) is 4.72 Å². The number of nitrogen functional groups attached to an aromatic ring is 1. The van der Waals surface area contributed by atoms with E-state index in [0.29, 0.717) is 20.3 Å². The third kappa shape index (κ3) is 3.97. The van der Waals surface area contributed by atoms with Gasteiger partial charge in [0.1, 0.15) is 0 Å². The van der Waals surface area contributed by atoms with Crippen LogP contribution in [0.25, 0.3) is 0 Å². The molecule has 0 aliphatic carbocycles. The summed E-state index contributed by atoms with van der Waals surface area (Å²) in [6.45, 7) is 0. The fourth-order valence-corrected chi connectivity index (χ4v) is 4.59. The van der Waals surface area contributed by atoms with Crippen LogP contribution in [0, 0.1) is 0 Å². The number of hydrogen-bond acceptors (Lipinski definition) is 3. The SMILES string of the molecule is Nc1cc(Br)c(NS(=O)(=O)Cc2ccccc2)c(Br)c1. The molecule has 4 nitrogen and oxygen atoms in total. The average Bonchev–Trinajstić information content (AvgIpc) is 2.34. The Labute approximate surface area is 134 Å². The number of nitrogens with one attached hydrogen (secondary N) is 1. The molecule has 106 valence electrons. The topological polar surface area (TPSA) is 72.2 Å². The van der Waals surface area contributed by atoms with E-state index in [0.717, 1.165) is 5.56 Å². The van der Waals surface area contributed by atoms with E-state index in [4.69, 9.17) is 5.73 Å². The van der Waals surface area contributed by atoms with Gasteiger partial charge in [0, 0.05) is 14.6 Å². The van der Waals surface area contributed by atoms with Crippen molar-refractivity contribution in [2.75, 3.05) is 10.5 Å². The lowest BCUT2D eigenvalue weighted by atomic mass is 10.2. The Kier molecular flexibility index (Phi) is 4.72. The van der Waals surface area contributed by atoms with Crippen LogP contribution in [0.5, 0.6) is 0 Å². The molecule has 0 unspecified atom stereocenters. The molecule has 0 aromatic heterocycles. The summed E-state index contributed by atoms with van der Waals surface area (Å²) in [5.74, 6) is -0.0862. The first-order chi connectivity index (χ1) is 9.37. The van der Waals surface area contributed by atoms with Gasteiger partial charge in [-0.1, -0.05) is 30.3 Å². The maximum absolute atomic E-state index is 12.2. The smallest absolute Gasteiger partial charge is 0.236 e. The number of anilines is 2. The monoisotopic (exact) mass is 418 g/mol. The highest BCUT2D eigenvalue weighted by molar-refractivity contribution is 9.11. The zero-order chi connectivity index (χ0) is 14.8. The molecule has 0 saturated heterocycles. The van der Waals surface area contributed by atoms with Crippen LogP contribution in [0.2, 0.25) is 0 Å². The van der Waals surface area contributed by atoms with Gasteiger partial charge in [-0.05, 0) is 49.6 Å². The van der Waals surface area contributed by atoms with Gasteiger partial charge in [0.15, 0.2) is 0 Å². The molecule has 2 aromatic carbocycles. The van der Waals surface area contributed by atoms with Gasteiger partial charge in [-0.15, -0.1) is 0 Å². The van der Waals surface area contributed by atoms with Crippen molar-refractivity contribution in [2.24, 2.45) is 0 Å². The number of hydrogen-bond donors (Lipinski definition) is 2. The molecule has 0 amide bonds. The van der Waals surface area contributed by atoms with E-state index < -0.39 is 10.0 Å². The van der Waals surface area contributed by atoms with Gasteiger partial charge in [-0.25, -0.2) is 8.42 Å². The van der Waals surface area contributed by atoms with Crippen molar-refractivity contribution in [3.8, 4) is 0 Å². The van der Waals surface area contributed by atoms with Crippen LogP contribution in [-0.2, 0) is 15.8 Å². The molecule has 0 atom stereocenters. The van der Waals surface area contributed by atoms with Crippen molar-refractivity contribution in [3.63, 3.8) is 0 Å². The van der Waals surface area contributed by atoms with Crippen LogP contribution in [0.15, 0.2) is 51.4 Å². The Morgan fingerprint density at radius 1 is 1.05 bits per heavy atom. The summed E-state index contributed by atoms with van der Waals surface area (Å²) in [6, 6.07) is 12.3. The standard InChI is InChI=1S/C13H12Br2N2O2S/c14-11-6-10(16)7-12(15)13(11)17-20(18,19)8-9-4-2-1-3-5-9/h1-7,17H,8,16H2. The average molecular weight is 420 g/mol. The highest BCUT2D eigenvalue weighted by Gasteiger charge is 2.16. The third-order valence-corrected chi connectivity index (χ3v) is 5.00. The molecule has 2 aromatic rings. The molecule has 0 radical (unpaired) electrons. The minimum absolute atomic E-state index is 0.0862. The maximum Gasteiger partial charge on any atom is 0.236 e. The summed E-state index contributed by atoms with van der Waals surface area (Å²) < 4.78 is 28.1. The molecular formula is C13H12Br2N2O2S. The number of halogens is 2. The van der Waals surface area contributed by atoms with Crippen molar-refractivity contribution in [1.82, 2.24) is 0 Å². The van der Waals surface area contributed by atoms with Gasteiger partial charge < -0.3 is 5.73 Å². The molecule has 0 aliphatic heterocycles. The van der Waals surface area contributed by atoms with Gasteiger partial charge in [0.05, 0.1) is 11.4 Å². The first-order valence-corrected chi connectivity index (χ1v) is 8.90. The largest absolute Gasteiger partial charge is 0.399 e. The van der Waals surface area contributed by atoms with Crippen molar-refractivity contribution in [3.05, 3.63) is 57.0 Å². The summed E-state index contributed by atoms with van der Waals surface area (Å²) in [6.07, 6.45) is 0. The van der Waals surface area contributed by atoms with Crippen molar-refractivity contribution >= 4 is 53.3 Å². The van der Waals surface area contributed by atoms with Gasteiger partial charge in [0.2, 0.25) is 10.0 Å². The van der Waals surface area contributed by atoms with Crippen LogP contribution in [0.1, 0.15) is 5.56 Å². The molecule has 0 saturated carbocycles. The lowest BCUT2D eigenvalue weighted by molar-refractivity contribution is 0.600. The van der Waals surface area contributed by atoms with E-state index in [-0.39, 0.29) is 5.75 Å². The van der Waals surface area contributed by atoms with E-state index in [1.54, 1.807) is 36.4 Å². The number of sulfonamides is 1. The summed E-state index contributed by atoms with van der Waals surface area (Å²) in [4.78, 5) is 0. The Hall–Kier alpha value is -1.05. The van der Waals surface area contributed by atoms with E-state index in [2.05, 4.69) is 36.6 Å². The fraction of sp³-hybridized carbons (Fsp3) is 0.0769. The zero-order valence-corrected chi connectivity index (χ0v) is 14.3. The van der Waals surface area contributed by atoms with Crippen LogP contribution in [-0.4, -0.2) is 8.42 Å². The first-order valence-electron chi connectivity index (χ1n) is 5.66. The first kappa shape index (κ1) is 15.3. The van der Waals surface area contributed by atoms with Crippen LogP contribution < -0.4 is 10.5 Å². The quantitative estimate of drug-likeness (QED) is 0.741. The zero-order valence-electron chi connectivity index (χ0n) is 10.3. The summed E-state index contributed by atoms with van der Waals surface area (Å²) in [5, 5.41) is 0. The van der Waals surface area contributed by atoms with Crippen molar-refractivity contribution < 1.29 is 8.42 Å². The number of benzene rings is 2. The highest BCUT2D eigenvalue weighted by Crippen LogP contribution is 2.34. The second-order valence-corrected chi connectivity index (χ2v) is 7.64. The number of nitrogens with two attached hydrogens (primary N) is 1. The highest BCUT2D eigenvalue weighted by atomic mass is 79.9. The molecule has 3 N–H and O–H groups in total. The van der Waals surface area contributed by atoms with Gasteiger partial charge >= 0.3 is 0 Å². The van der Waals surface area contributed by atoms with Crippen molar-refractivity contribution in [2.45, 2.75) is 5.75 Å². The predicted octanol–water partition coefficient (Wildman–Crippen LogP) is 3.74. The summed E-state index contributed by atoms with van der Waals surface area (Å²) >= 11 is 6.60. The minimum Gasteiger partial charge on any atom is -0.399 e. The van der Waals surface area contributed by atoms with E-state index >= 15 is 0 Å². The molecule has 0 spiro atoms. The van der Waals surface area contributed by atoms with Gasteiger partial charge in [-0.2, -0.15) is 0 Å². The predicted molar refractivity (Wildman–Crippen MR) is 88.9 cm³/mol. The van der Waals surface area contributed by atoms with E-state index in [1.165, 1.54) is 0 Å². The van der Waals surface area contributed by atoms with Crippen molar-refractivity contribution in [1.29, 1.82) is 0 Å². The van der Waals surface area contributed by atoms with E-state index in [9.17, 15) is 8.42 Å². The molecular weight excluding hydrogens is 408 g/mol. The Morgan fingerprint density at radius 3 is 2.15 bits per heavy atom. The van der Waals surface area contributed by atoms with Crippen LogP contribution in [0.4, 0.5) is 11.4 Å². The lowest BCUT2D eigenvalue weighted by Gasteiger charge is -2.12. The molecule has 0 fully saturated rings. The molecule has 2 rings (SSSR count). The van der Waals surface area contributed by atoms with Crippen LogP contribution in [0.3, 0.4) is 0 Å². The van der Waals surface area contributed by atoms with Gasteiger partial charge in [0.25, 0.3) is 0 Å². The minimum atomic E-state index is -3.50. The Bertz CT molecular complexity index is 695. The Balaban J connectivity index is 2.25. The summed E-state index contributed by atoms with van der Waals surface area (Å²) in [5.41, 5.74) is 7.38. The molecule has 0 bridgehead atoms. The normalized spacial score (nSPS) is 11.3. The van der Waals surface area contributed by atoms with E-state index in [1.807, 2.05) is 6.07 Å². The summed E-state index contributed by atoms with van der Waals surface area (Å²) in [7, 11) is -3.50. The fourth-order valence-electron chi connectivity index (χ4n) is 1.68. The number of rotatable bonds is 4. The second kappa shape index (κ2) is 6.15. The Morgan fingerprint density at radius 2 is 1.60 bits per heavy atom. The van der Waals surface area contributed by atoms with Crippen LogP contribution >= 0.6 is 31.9 Å². The molecule has 0 aliphatic rings. The molecule has 0 heterocycles. The molecule has 7 heteroatoms. The lowest BCUT2D eigenvalue weighted by Crippen LogP contribution is -2.15.